The Morgan fingerprint density at radius 3 is 2.85 bits per heavy atom. The van der Waals surface area contributed by atoms with E-state index in [9.17, 15) is 5.11 Å². The van der Waals surface area contributed by atoms with E-state index >= 15 is 0 Å². The van der Waals surface area contributed by atoms with E-state index < -0.39 is 0 Å². The lowest BCUT2D eigenvalue weighted by molar-refractivity contribution is 0.277. The van der Waals surface area contributed by atoms with E-state index in [1.807, 2.05) is 24.3 Å². The van der Waals surface area contributed by atoms with Crippen LogP contribution in [0, 0.1) is 0 Å². The van der Waals surface area contributed by atoms with Gasteiger partial charge in [-0.3, -0.25) is 0 Å². The van der Waals surface area contributed by atoms with Crippen LogP contribution in [0.3, 0.4) is 0 Å². The molecular formula is C17H22N6O3. The molecule has 2 heterocycles. The van der Waals surface area contributed by atoms with Gasteiger partial charge in [-0.05, 0) is 18.6 Å². The highest BCUT2D eigenvalue weighted by Gasteiger charge is 2.14. The molecule has 0 atom stereocenters. The average Bonchev–Trinajstić information content (AvgIpc) is 3.06. The van der Waals surface area contributed by atoms with Crippen LogP contribution in [0.5, 0.6) is 5.75 Å². The topological polar surface area (TPSA) is 117 Å². The molecule has 0 bridgehead atoms. The van der Waals surface area contributed by atoms with E-state index in [0.29, 0.717) is 42.4 Å². The van der Waals surface area contributed by atoms with Gasteiger partial charge in [-0.1, -0.05) is 6.07 Å². The number of fused-ring (bicyclic) bond motifs is 1. The van der Waals surface area contributed by atoms with Crippen molar-refractivity contribution in [1.82, 2.24) is 19.5 Å². The van der Waals surface area contributed by atoms with Crippen LogP contribution in [0.15, 0.2) is 30.6 Å². The van der Waals surface area contributed by atoms with Gasteiger partial charge >= 0.3 is 0 Å². The van der Waals surface area contributed by atoms with Crippen molar-refractivity contribution in [2.24, 2.45) is 0 Å². The number of aliphatic hydroxyl groups is 2. The number of anilines is 3. The molecule has 0 aliphatic rings. The maximum absolute atomic E-state index is 9.24. The summed E-state index contributed by atoms with van der Waals surface area (Å²) in [4.78, 5) is 13.4. The molecule has 0 amide bonds. The summed E-state index contributed by atoms with van der Waals surface area (Å²) in [5.41, 5.74) is 2.03. The highest BCUT2D eigenvalue weighted by atomic mass is 16.5. The van der Waals surface area contributed by atoms with Crippen molar-refractivity contribution in [1.29, 1.82) is 0 Å². The number of aromatic nitrogens is 4. The molecule has 3 rings (SSSR count). The predicted molar refractivity (Wildman–Crippen MR) is 98.9 cm³/mol. The molecule has 0 aliphatic carbocycles. The van der Waals surface area contributed by atoms with Gasteiger partial charge in [0.15, 0.2) is 17.0 Å². The van der Waals surface area contributed by atoms with Gasteiger partial charge in [0, 0.05) is 31.5 Å². The molecule has 0 unspecified atom stereocenters. The first-order valence-electron chi connectivity index (χ1n) is 8.34. The Kier molecular flexibility index (Phi) is 5.82. The fourth-order valence-electron chi connectivity index (χ4n) is 2.50. The minimum absolute atomic E-state index is 0.0125. The molecule has 0 fully saturated rings. The normalized spacial score (nSPS) is 10.9. The Morgan fingerprint density at radius 2 is 2.08 bits per heavy atom. The molecule has 9 heteroatoms. The number of ether oxygens (including phenoxy) is 1. The zero-order valence-corrected chi connectivity index (χ0v) is 14.5. The van der Waals surface area contributed by atoms with E-state index in [1.54, 1.807) is 18.0 Å². The molecule has 0 saturated carbocycles. The number of nitrogens with one attached hydrogen (secondary N) is 2. The molecule has 0 spiro atoms. The Morgan fingerprint density at radius 1 is 1.19 bits per heavy atom. The quantitative estimate of drug-likeness (QED) is 0.424. The highest BCUT2D eigenvalue weighted by Crippen LogP contribution is 2.26. The Balaban J connectivity index is 1.97. The number of nitrogens with zero attached hydrogens (tertiary/aromatic N) is 4. The third-order valence-corrected chi connectivity index (χ3v) is 3.76. The Hall–Kier alpha value is -2.91. The standard InChI is InChI=1S/C17H22N6O3/c1-26-13-5-2-4-12(10-13)20-15-14-16(23(7-9-25)11-19-14)22-17(21-15)18-6-3-8-24/h2,4-5,10-11,24-25H,3,6-9H2,1H3,(H2,18,20,21,22). The Labute approximate surface area is 150 Å². The van der Waals surface area contributed by atoms with Crippen LogP contribution in [-0.2, 0) is 6.54 Å². The SMILES string of the molecule is COc1cccc(Nc2nc(NCCCO)nc3c2ncn3CCO)c1. The van der Waals surface area contributed by atoms with Gasteiger partial charge in [-0.25, -0.2) is 4.98 Å². The fraction of sp³-hybridized carbons (Fsp3) is 0.353. The van der Waals surface area contributed by atoms with E-state index in [2.05, 4.69) is 25.6 Å². The van der Waals surface area contributed by atoms with Gasteiger partial charge in [0.25, 0.3) is 0 Å². The maximum Gasteiger partial charge on any atom is 0.226 e. The monoisotopic (exact) mass is 358 g/mol. The maximum atomic E-state index is 9.24. The first-order valence-corrected chi connectivity index (χ1v) is 8.34. The summed E-state index contributed by atoms with van der Waals surface area (Å²) in [5, 5.41) is 24.5. The van der Waals surface area contributed by atoms with Gasteiger partial charge in [-0.2, -0.15) is 9.97 Å². The van der Waals surface area contributed by atoms with Gasteiger partial charge in [-0.15, -0.1) is 0 Å². The lowest BCUT2D eigenvalue weighted by atomic mass is 10.3. The molecule has 2 aromatic heterocycles. The molecule has 0 aliphatic heterocycles. The van der Waals surface area contributed by atoms with Crippen LogP contribution in [-0.4, -0.2) is 56.6 Å². The molecule has 26 heavy (non-hydrogen) atoms. The molecular weight excluding hydrogens is 336 g/mol. The number of rotatable bonds is 9. The molecule has 1 aromatic carbocycles. The van der Waals surface area contributed by atoms with E-state index in [0.717, 1.165) is 11.4 Å². The molecule has 138 valence electrons. The van der Waals surface area contributed by atoms with Crippen LogP contribution in [0.4, 0.5) is 17.5 Å². The summed E-state index contributed by atoms with van der Waals surface area (Å²) in [7, 11) is 1.61. The van der Waals surface area contributed by atoms with Crippen LogP contribution in [0.1, 0.15) is 6.42 Å². The predicted octanol–water partition coefficient (Wildman–Crippen LogP) is 1.37. The number of hydrogen-bond donors (Lipinski definition) is 4. The molecule has 3 aromatic rings. The highest BCUT2D eigenvalue weighted by molar-refractivity contribution is 5.86. The largest absolute Gasteiger partial charge is 0.497 e. The summed E-state index contributed by atoms with van der Waals surface area (Å²) in [6.07, 6.45) is 2.22. The second-order valence-corrected chi connectivity index (χ2v) is 5.59. The van der Waals surface area contributed by atoms with Crippen molar-refractivity contribution in [3.8, 4) is 5.75 Å². The smallest absolute Gasteiger partial charge is 0.226 e. The minimum Gasteiger partial charge on any atom is -0.497 e. The summed E-state index contributed by atoms with van der Waals surface area (Å²) < 4.78 is 7.02. The number of imidazole rings is 1. The van der Waals surface area contributed by atoms with Crippen molar-refractivity contribution in [2.45, 2.75) is 13.0 Å². The average molecular weight is 358 g/mol. The number of benzene rings is 1. The number of hydrogen-bond acceptors (Lipinski definition) is 8. The van der Waals surface area contributed by atoms with Gasteiger partial charge in [0.05, 0.1) is 20.0 Å². The minimum atomic E-state index is -0.0125. The van der Waals surface area contributed by atoms with Crippen molar-refractivity contribution in [3.63, 3.8) is 0 Å². The zero-order chi connectivity index (χ0) is 18.4. The van der Waals surface area contributed by atoms with E-state index in [1.165, 1.54) is 0 Å². The lowest BCUT2D eigenvalue weighted by Crippen LogP contribution is -2.10. The van der Waals surface area contributed by atoms with Crippen molar-refractivity contribution in [3.05, 3.63) is 30.6 Å². The summed E-state index contributed by atoms with van der Waals surface area (Å²) in [5.74, 6) is 1.70. The van der Waals surface area contributed by atoms with Crippen LogP contribution in [0.2, 0.25) is 0 Å². The second-order valence-electron chi connectivity index (χ2n) is 5.59. The molecule has 4 N–H and O–H groups in total. The number of methoxy groups -OCH3 is 1. The van der Waals surface area contributed by atoms with Crippen molar-refractivity contribution >= 4 is 28.6 Å². The van der Waals surface area contributed by atoms with Gasteiger partial charge in [0.2, 0.25) is 5.95 Å². The first-order chi connectivity index (χ1) is 12.7. The summed E-state index contributed by atoms with van der Waals surface area (Å²) in [6.45, 7) is 1.02. The lowest BCUT2D eigenvalue weighted by Gasteiger charge is -2.11. The first kappa shape index (κ1) is 17.9. The van der Waals surface area contributed by atoms with E-state index in [4.69, 9.17) is 9.84 Å². The molecule has 0 radical (unpaired) electrons. The summed E-state index contributed by atoms with van der Waals surface area (Å²) >= 11 is 0. The molecule has 9 nitrogen and oxygen atoms in total. The number of aliphatic hydroxyl groups excluding tert-OH is 2. The van der Waals surface area contributed by atoms with Crippen LogP contribution >= 0.6 is 0 Å². The van der Waals surface area contributed by atoms with Gasteiger partial charge in [0.1, 0.15) is 5.75 Å². The van der Waals surface area contributed by atoms with Crippen LogP contribution < -0.4 is 15.4 Å². The molecule has 0 saturated heterocycles. The second kappa shape index (κ2) is 8.45. The van der Waals surface area contributed by atoms with Crippen LogP contribution in [0.25, 0.3) is 11.2 Å². The third kappa shape index (κ3) is 4.01. The zero-order valence-electron chi connectivity index (χ0n) is 14.5. The van der Waals surface area contributed by atoms with E-state index in [-0.39, 0.29) is 13.2 Å². The fourth-order valence-corrected chi connectivity index (χ4v) is 2.50. The van der Waals surface area contributed by atoms with Crippen molar-refractivity contribution in [2.75, 3.05) is 37.5 Å². The van der Waals surface area contributed by atoms with Crippen molar-refractivity contribution < 1.29 is 14.9 Å². The third-order valence-electron chi connectivity index (χ3n) is 3.76. The Bertz CT molecular complexity index is 867. The summed E-state index contributed by atoms with van der Waals surface area (Å²) in [6, 6.07) is 7.50. The van der Waals surface area contributed by atoms with Gasteiger partial charge < -0.3 is 30.2 Å².